The molecule has 0 aliphatic carbocycles. The molecule has 1 saturated heterocycles. The van der Waals surface area contributed by atoms with Crippen LogP contribution in [0.3, 0.4) is 0 Å². The molecule has 1 unspecified atom stereocenters. The van der Waals surface area contributed by atoms with E-state index in [9.17, 15) is 4.79 Å². The van der Waals surface area contributed by atoms with Gasteiger partial charge >= 0.3 is 6.09 Å². The number of ether oxygens (including phenoxy) is 2. The van der Waals surface area contributed by atoms with Crippen molar-refractivity contribution in [3.05, 3.63) is 109 Å². The predicted molar refractivity (Wildman–Crippen MR) is 185 cm³/mol. The summed E-state index contributed by atoms with van der Waals surface area (Å²) in [6, 6.07) is 30.8. The Kier molecular flexibility index (Phi) is 10.1. The number of rotatable bonds is 9. The minimum Gasteiger partial charge on any atom is -0.486 e. The lowest BCUT2D eigenvalue weighted by molar-refractivity contribution is 0.00797. The van der Waals surface area contributed by atoms with Crippen LogP contribution in [0.4, 0.5) is 10.7 Å². The number of hydrogen-bond donors (Lipinski definition) is 0. The van der Waals surface area contributed by atoms with Crippen molar-refractivity contribution in [1.82, 2.24) is 14.9 Å². The Labute approximate surface area is 274 Å². The van der Waals surface area contributed by atoms with Gasteiger partial charge in [0.1, 0.15) is 12.2 Å². The number of anilines is 1. The van der Waals surface area contributed by atoms with Crippen molar-refractivity contribution in [1.29, 1.82) is 0 Å². The van der Waals surface area contributed by atoms with Crippen LogP contribution in [0.5, 0.6) is 5.75 Å². The van der Waals surface area contributed by atoms with Gasteiger partial charge in [0, 0.05) is 19.6 Å². The Morgan fingerprint density at radius 1 is 0.804 bits per heavy atom. The lowest BCUT2D eigenvalue weighted by Gasteiger charge is -2.46. The van der Waals surface area contributed by atoms with Crippen molar-refractivity contribution < 1.29 is 18.7 Å². The third-order valence-electron chi connectivity index (χ3n) is 8.17. The molecule has 0 spiro atoms. The van der Waals surface area contributed by atoms with Crippen molar-refractivity contribution in [3.63, 3.8) is 0 Å². The van der Waals surface area contributed by atoms with E-state index < -0.39 is 13.9 Å². The molecule has 2 heterocycles. The van der Waals surface area contributed by atoms with Gasteiger partial charge in [0.05, 0.1) is 25.0 Å². The third-order valence-corrected chi connectivity index (χ3v) is 13.2. The Hall–Kier alpha value is -4.21. The van der Waals surface area contributed by atoms with Crippen LogP contribution in [0.2, 0.25) is 5.04 Å². The summed E-state index contributed by atoms with van der Waals surface area (Å²) in [4.78, 5) is 26.8. The van der Waals surface area contributed by atoms with E-state index in [0.717, 1.165) is 5.56 Å². The number of nitrogens with zero attached hydrogens (tertiary/aromatic N) is 4. The van der Waals surface area contributed by atoms with Crippen LogP contribution < -0.4 is 20.0 Å². The molecule has 1 fully saturated rings. The minimum absolute atomic E-state index is 0.195. The highest BCUT2D eigenvalue weighted by Gasteiger charge is 2.51. The third kappa shape index (κ3) is 7.77. The molecule has 1 atom stereocenters. The van der Waals surface area contributed by atoms with E-state index in [2.05, 4.69) is 84.2 Å². The summed E-state index contributed by atoms with van der Waals surface area (Å²) in [5, 5.41) is 2.19. The zero-order valence-electron chi connectivity index (χ0n) is 27.8. The Balaban J connectivity index is 1.41. The molecule has 3 aromatic carbocycles. The molecular formula is C37H46N4O4Si. The first-order valence-corrected chi connectivity index (χ1v) is 17.9. The number of amides is 1. The van der Waals surface area contributed by atoms with Gasteiger partial charge in [-0.15, -0.1) is 0 Å². The van der Waals surface area contributed by atoms with Gasteiger partial charge in [-0.25, -0.2) is 14.8 Å². The first-order chi connectivity index (χ1) is 22.0. The van der Waals surface area contributed by atoms with Crippen molar-refractivity contribution in [2.24, 2.45) is 0 Å². The van der Waals surface area contributed by atoms with Gasteiger partial charge in [0.2, 0.25) is 5.95 Å². The zero-order chi connectivity index (χ0) is 32.8. The summed E-state index contributed by atoms with van der Waals surface area (Å²) in [6.07, 6.45) is 3.08. The van der Waals surface area contributed by atoms with Crippen LogP contribution in [-0.4, -0.2) is 67.2 Å². The van der Waals surface area contributed by atoms with E-state index in [1.54, 1.807) is 12.4 Å². The van der Waals surface area contributed by atoms with Crippen LogP contribution in [0.1, 0.15) is 47.1 Å². The molecule has 0 radical (unpaired) electrons. The Bertz CT molecular complexity index is 1500. The molecule has 0 bridgehead atoms. The van der Waals surface area contributed by atoms with E-state index in [1.165, 1.54) is 10.4 Å². The summed E-state index contributed by atoms with van der Waals surface area (Å²) < 4.78 is 19.1. The largest absolute Gasteiger partial charge is 0.486 e. The smallest absolute Gasteiger partial charge is 0.410 e. The van der Waals surface area contributed by atoms with Crippen LogP contribution in [0.25, 0.3) is 0 Å². The second kappa shape index (κ2) is 14.1. The SMILES string of the molecule is CC(C)(C)OC(=O)N1CCN(c2ncc(OCc3ccccc3)cn2)CC1CO[Si](c1ccccc1)(c1ccccc1)C(C)(C)C. The van der Waals surface area contributed by atoms with Gasteiger partial charge in [0.25, 0.3) is 8.32 Å². The first-order valence-electron chi connectivity index (χ1n) is 15.9. The molecule has 4 aromatic rings. The number of hydrogen-bond acceptors (Lipinski definition) is 7. The van der Waals surface area contributed by atoms with Crippen LogP contribution in [0.15, 0.2) is 103 Å². The average Bonchev–Trinajstić information content (AvgIpc) is 3.04. The van der Waals surface area contributed by atoms with E-state index >= 15 is 0 Å². The minimum atomic E-state index is -2.84. The van der Waals surface area contributed by atoms with Gasteiger partial charge < -0.3 is 18.8 Å². The maximum atomic E-state index is 13.6. The number of benzene rings is 3. The quantitative estimate of drug-likeness (QED) is 0.206. The molecular weight excluding hydrogens is 593 g/mol. The monoisotopic (exact) mass is 638 g/mol. The average molecular weight is 639 g/mol. The van der Waals surface area contributed by atoms with Gasteiger partial charge in [-0.05, 0) is 41.7 Å². The summed E-state index contributed by atoms with van der Waals surface area (Å²) >= 11 is 0. The Morgan fingerprint density at radius 2 is 1.35 bits per heavy atom. The molecule has 0 N–H and O–H groups in total. The second-order valence-corrected chi connectivity index (χ2v) is 18.0. The molecule has 9 heteroatoms. The van der Waals surface area contributed by atoms with Crippen molar-refractivity contribution in [2.45, 2.75) is 64.8 Å². The highest BCUT2D eigenvalue weighted by molar-refractivity contribution is 6.99. The van der Waals surface area contributed by atoms with E-state index in [1.807, 2.05) is 68.1 Å². The fourth-order valence-electron chi connectivity index (χ4n) is 6.01. The number of piperazine rings is 1. The normalized spacial score (nSPS) is 15.8. The van der Waals surface area contributed by atoms with Crippen LogP contribution >= 0.6 is 0 Å². The second-order valence-electron chi connectivity index (χ2n) is 13.7. The molecule has 1 aliphatic rings. The van der Waals surface area contributed by atoms with Crippen molar-refractivity contribution >= 4 is 30.7 Å². The van der Waals surface area contributed by atoms with Crippen LogP contribution in [0, 0.1) is 0 Å². The summed E-state index contributed by atoms with van der Waals surface area (Å²) in [6.45, 7) is 14.8. The fourth-order valence-corrected chi connectivity index (χ4v) is 10.6. The fraction of sp³-hybridized carbons (Fsp3) is 0.378. The molecule has 5 rings (SSSR count). The standard InChI is InChI=1S/C37H46N4O4Si/c1-36(2,3)45-35(42)41-23-22-40(34-38-24-31(25-39-34)43-27-29-16-10-7-11-17-29)26-30(41)28-44-46(37(4,5)6,32-18-12-8-13-19-32)33-20-14-9-15-21-33/h7-21,24-25,30H,22-23,26-28H2,1-6H3. The summed E-state index contributed by atoms with van der Waals surface area (Å²) in [5.74, 6) is 1.19. The lowest BCUT2D eigenvalue weighted by Crippen LogP contribution is -2.68. The van der Waals surface area contributed by atoms with Crippen molar-refractivity contribution in [3.8, 4) is 5.75 Å². The molecule has 0 saturated carbocycles. The molecule has 1 aromatic heterocycles. The van der Waals surface area contributed by atoms with Gasteiger partial charge in [-0.2, -0.15) is 0 Å². The number of carbonyl (C=O) groups excluding carboxylic acids is 1. The first kappa shape index (κ1) is 33.2. The van der Waals surface area contributed by atoms with Crippen LogP contribution in [-0.2, 0) is 15.8 Å². The molecule has 1 amide bonds. The Morgan fingerprint density at radius 3 is 1.87 bits per heavy atom. The molecule has 8 nitrogen and oxygen atoms in total. The van der Waals surface area contributed by atoms with Gasteiger partial charge in [-0.1, -0.05) is 112 Å². The molecule has 242 valence electrons. The van der Waals surface area contributed by atoms with E-state index in [0.29, 0.717) is 44.5 Å². The summed E-state index contributed by atoms with van der Waals surface area (Å²) in [5.41, 5.74) is 0.463. The molecule has 46 heavy (non-hydrogen) atoms. The summed E-state index contributed by atoms with van der Waals surface area (Å²) in [7, 11) is -2.84. The maximum absolute atomic E-state index is 13.6. The topological polar surface area (TPSA) is 77.0 Å². The maximum Gasteiger partial charge on any atom is 0.410 e. The highest BCUT2D eigenvalue weighted by Crippen LogP contribution is 2.37. The lowest BCUT2D eigenvalue weighted by atomic mass is 10.2. The number of aromatic nitrogens is 2. The molecule has 1 aliphatic heterocycles. The van der Waals surface area contributed by atoms with Gasteiger partial charge in [0.15, 0.2) is 5.75 Å². The van der Waals surface area contributed by atoms with E-state index in [4.69, 9.17) is 13.9 Å². The van der Waals surface area contributed by atoms with E-state index in [-0.39, 0.29) is 17.2 Å². The highest BCUT2D eigenvalue weighted by atomic mass is 28.4. The number of carbonyl (C=O) groups is 1. The van der Waals surface area contributed by atoms with Crippen molar-refractivity contribution in [2.75, 3.05) is 31.1 Å². The van der Waals surface area contributed by atoms with Gasteiger partial charge in [-0.3, -0.25) is 4.90 Å². The predicted octanol–water partition coefficient (Wildman–Crippen LogP) is 6.06. The zero-order valence-corrected chi connectivity index (χ0v) is 28.8.